The van der Waals surface area contributed by atoms with Gasteiger partial charge in [0, 0.05) is 0 Å². The van der Waals surface area contributed by atoms with Crippen LogP contribution in [0.1, 0.15) is 22.3 Å². The smallest absolute Gasteiger partial charge is 0.0622 e. The molecule has 0 aliphatic heterocycles. The van der Waals surface area contributed by atoms with Crippen LogP contribution in [0.4, 0.5) is 0 Å². The highest BCUT2D eigenvalue weighted by Crippen LogP contribution is 2.61. The zero-order valence-electron chi connectivity index (χ0n) is 20.4. The average molecular weight is 469 g/mol. The lowest BCUT2D eigenvalue weighted by Gasteiger charge is -2.35. The normalized spacial score (nSPS) is 13.6. The molecule has 0 radical (unpaired) electrons. The Labute approximate surface area is 216 Å². The fourth-order valence-electron chi connectivity index (χ4n) is 6.94. The maximum absolute atomic E-state index is 2.37. The van der Waals surface area contributed by atoms with E-state index in [4.69, 9.17) is 0 Å². The summed E-state index contributed by atoms with van der Waals surface area (Å²) in [6, 6.07) is 53.7. The van der Waals surface area contributed by atoms with Crippen molar-refractivity contribution in [3.05, 3.63) is 168 Å². The standard InChI is InChI=1S/C37H24/c1-3-14-26(15-4-1)37(27-16-5-2-6-17-27)35-28-18-8-7-13-25(28)23-24-33(35)34-31-21-11-9-19-29(31)30-20-10-12-22-32(30)36(34)37/h1-24H. The first-order valence-corrected chi connectivity index (χ1v) is 13.0. The van der Waals surface area contributed by atoms with Gasteiger partial charge < -0.3 is 0 Å². The molecule has 0 nitrogen and oxygen atoms in total. The first-order chi connectivity index (χ1) is 18.4. The van der Waals surface area contributed by atoms with E-state index in [-0.39, 0.29) is 0 Å². The van der Waals surface area contributed by atoms with Gasteiger partial charge in [0.2, 0.25) is 0 Å². The van der Waals surface area contributed by atoms with Crippen LogP contribution in [0, 0.1) is 0 Å². The SMILES string of the molecule is c1ccc(C2(c3ccccc3)c3c(ccc4ccccc34)-c3c2c2ccccc2c2ccccc32)cc1. The molecule has 0 fully saturated rings. The van der Waals surface area contributed by atoms with Crippen LogP contribution in [0.25, 0.3) is 43.4 Å². The summed E-state index contributed by atoms with van der Waals surface area (Å²) >= 11 is 0. The van der Waals surface area contributed by atoms with E-state index >= 15 is 0 Å². The van der Waals surface area contributed by atoms with Crippen LogP contribution in [-0.2, 0) is 5.41 Å². The molecule has 7 aromatic rings. The summed E-state index contributed by atoms with van der Waals surface area (Å²) in [5.74, 6) is 0. The molecular formula is C37H24. The fourth-order valence-corrected chi connectivity index (χ4v) is 6.94. The van der Waals surface area contributed by atoms with Gasteiger partial charge in [-0.3, -0.25) is 0 Å². The van der Waals surface area contributed by atoms with Crippen LogP contribution in [0.5, 0.6) is 0 Å². The predicted molar refractivity (Wildman–Crippen MR) is 156 cm³/mol. The van der Waals surface area contributed by atoms with E-state index in [1.807, 2.05) is 0 Å². The molecule has 1 aliphatic carbocycles. The van der Waals surface area contributed by atoms with Gasteiger partial charge in [-0.1, -0.05) is 146 Å². The van der Waals surface area contributed by atoms with Crippen molar-refractivity contribution in [1.29, 1.82) is 0 Å². The Kier molecular flexibility index (Phi) is 4.24. The van der Waals surface area contributed by atoms with Crippen molar-refractivity contribution < 1.29 is 0 Å². The second-order valence-corrected chi connectivity index (χ2v) is 10.0. The topological polar surface area (TPSA) is 0 Å². The van der Waals surface area contributed by atoms with Gasteiger partial charge in [-0.2, -0.15) is 0 Å². The molecule has 0 unspecified atom stereocenters. The summed E-state index contributed by atoms with van der Waals surface area (Å²) in [7, 11) is 0. The van der Waals surface area contributed by atoms with Crippen LogP contribution in [-0.4, -0.2) is 0 Å². The molecule has 37 heavy (non-hydrogen) atoms. The van der Waals surface area contributed by atoms with Gasteiger partial charge in [0.15, 0.2) is 0 Å². The lowest BCUT2D eigenvalue weighted by Crippen LogP contribution is -2.29. The summed E-state index contributed by atoms with van der Waals surface area (Å²) < 4.78 is 0. The lowest BCUT2D eigenvalue weighted by molar-refractivity contribution is 0.783. The third-order valence-corrected chi connectivity index (χ3v) is 8.29. The first-order valence-electron chi connectivity index (χ1n) is 13.0. The van der Waals surface area contributed by atoms with Crippen molar-refractivity contribution in [1.82, 2.24) is 0 Å². The molecule has 7 aromatic carbocycles. The molecule has 0 saturated heterocycles. The molecule has 0 N–H and O–H groups in total. The molecule has 1 aliphatic rings. The fraction of sp³-hybridized carbons (Fsp3) is 0.0270. The molecule has 172 valence electrons. The molecule has 0 heteroatoms. The number of benzene rings is 7. The zero-order valence-corrected chi connectivity index (χ0v) is 20.4. The van der Waals surface area contributed by atoms with Crippen molar-refractivity contribution in [3.63, 3.8) is 0 Å². The molecule has 0 bridgehead atoms. The minimum atomic E-state index is -0.447. The Hall–Kier alpha value is -4.68. The molecule has 0 amide bonds. The molecule has 0 heterocycles. The van der Waals surface area contributed by atoms with Crippen molar-refractivity contribution in [2.24, 2.45) is 0 Å². The van der Waals surface area contributed by atoms with E-state index in [0.29, 0.717) is 0 Å². The van der Waals surface area contributed by atoms with Gasteiger partial charge in [-0.25, -0.2) is 0 Å². The highest BCUT2D eigenvalue weighted by Gasteiger charge is 2.48. The Morgan fingerprint density at radius 3 is 1.46 bits per heavy atom. The summed E-state index contributed by atoms with van der Waals surface area (Å²) in [6.07, 6.45) is 0. The third kappa shape index (κ3) is 2.62. The molecular weight excluding hydrogens is 444 g/mol. The van der Waals surface area contributed by atoms with E-state index in [1.54, 1.807) is 0 Å². The van der Waals surface area contributed by atoms with Crippen molar-refractivity contribution >= 4 is 32.3 Å². The number of rotatable bonds is 2. The van der Waals surface area contributed by atoms with Crippen LogP contribution >= 0.6 is 0 Å². The van der Waals surface area contributed by atoms with E-state index < -0.39 is 5.41 Å². The van der Waals surface area contributed by atoms with E-state index in [2.05, 4.69) is 146 Å². The quantitative estimate of drug-likeness (QED) is 0.222. The minimum absolute atomic E-state index is 0.447. The monoisotopic (exact) mass is 468 g/mol. The third-order valence-electron chi connectivity index (χ3n) is 8.29. The maximum atomic E-state index is 2.37. The largest absolute Gasteiger partial charge is 0.0725 e. The van der Waals surface area contributed by atoms with Gasteiger partial charge in [-0.05, 0) is 65.7 Å². The summed E-state index contributed by atoms with van der Waals surface area (Å²) in [4.78, 5) is 0. The number of hydrogen-bond acceptors (Lipinski definition) is 0. The van der Waals surface area contributed by atoms with Gasteiger partial charge in [-0.15, -0.1) is 0 Å². The van der Waals surface area contributed by atoms with E-state index in [9.17, 15) is 0 Å². The minimum Gasteiger partial charge on any atom is -0.0622 e. The molecule has 0 spiro atoms. The average Bonchev–Trinajstić information content (AvgIpc) is 3.31. The van der Waals surface area contributed by atoms with Gasteiger partial charge in [0.25, 0.3) is 0 Å². The van der Waals surface area contributed by atoms with Gasteiger partial charge >= 0.3 is 0 Å². The molecule has 0 atom stereocenters. The molecule has 0 aromatic heterocycles. The highest BCUT2D eigenvalue weighted by molar-refractivity contribution is 6.20. The Bertz CT molecular complexity index is 1920. The molecule has 0 saturated carbocycles. The van der Waals surface area contributed by atoms with E-state index in [1.165, 1.54) is 65.7 Å². The number of fused-ring (bicyclic) bond motifs is 10. The van der Waals surface area contributed by atoms with Crippen LogP contribution < -0.4 is 0 Å². The van der Waals surface area contributed by atoms with Crippen LogP contribution in [0.2, 0.25) is 0 Å². The lowest BCUT2D eigenvalue weighted by atomic mass is 9.65. The summed E-state index contributed by atoms with van der Waals surface area (Å²) in [5, 5.41) is 7.86. The number of hydrogen-bond donors (Lipinski definition) is 0. The predicted octanol–water partition coefficient (Wildman–Crippen LogP) is 9.51. The first kappa shape index (κ1) is 20.5. The van der Waals surface area contributed by atoms with Gasteiger partial charge in [0.1, 0.15) is 0 Å². The summed E-state index contributed by atoms with van der Waals surface area (Å²) in [5.41, 5.74) is 7.64. The Balaban J connectivity index is 1.73. The van der Waals surface area contributed by atoms with Crippen molar-refractivity contribution in [2.45, 2.75) is 5.41 Å². The zero-order chi connectivity index (χ0) is 24.4. The van der Waals surface area contributed by atoms with Gasteiger partial charge in [0.05, 0.1) is 5.41 Å². The van der Waals surface area contributed by atoms with Crippen molar-refractivity contribution in [2.75, 3.05) is 0 Å². The second-order valence-electron chi connectivity index (χ2n) is 10.0. The van der Waals surface area contributed by atoms with Crippen LogP contribution in [0.15, 0.2) is 146 Å². The van der Waals surface area contributed by atoms with Crippen LogP contribution in [0.3, 0.4) is 0 Å². The highest BCUT2D eigenvalue weighted by atomic mass is 14.5. The molecule has 8 rings (SSSR count). The Morgan fingerprint density at radius 2 is 0.811 bits per heavy atom. The van der Waals surface area contributed by atoms with E-state index in [0.717, 1.165) is 0 Å². The summed E-state index contributed by atoms with van der Waals surface area (Å²) in [6.45, 7) is 0. The second kappa shape index (κ2) is 7.66. The van der Waals surface area contributed by atoms with Crippen molar-refractivity contribution in [3.8, 4) is 11.1 Å². The Morgan fingerprint density at radius 1 is 0.324 bits per heavy atom. The maximum Gasteiger partial charge on any atom is 0.0725 e.